The van der Waals surface area contributed by atoms with Gasteiger partial charge in [0.15, 0.2) is 0 Å². The fourth-order valence-electron chi connectivity index (χ4n) is 3.41. The van der Waals surface area contributed by atoms with Crippen LogP contribution in [0.3, 0.4) is 0 Å². The van der Waals surface area contributed by atoms with Gasteiger partial charge in [0, 0.05) is 13.1 Å². The summed E-state index contributed by atoms with van der Waals surface area (Å²) in [5.41, 5.74) is -0.182. The van der Waals surface area contributed by atoms with Crippen molar-refractivity contribution in [2.75, 3.05) is 19.6 Å². The summed E-state index contributed by atoms with van der Waals surface area (Å²) in [5.74, 6) is -0.0640. The first-order chi connectivity index (χ1) is 12.3. The molecule has 1 aromatic rings. The standard InChI is InChI=1S/C19H22N4O3/c1-13-7-9-22(10-8-13)16(24)12-23-17(25)19(2,21-18(23)26)15-5-3-14(11-20)4-6-15/h3-6,13H,7-10,12H2,1-2H3,(H,21,26)/t19-/m1/s1. The molecule has 0 bridgehead atoms. The number of amides is 4. The number of hydrogen-bond acceptors (Lipinski definition) is 4. The highest BCUT2D eigenvalue weighted by atomic mass is 16.2. The Labute approximate surface area is 152 Å². The van der Waals surface area contributed by atoms with Crippen molar-refractivity contribution in [3.8, 4) is 6.07 Å². The fraction of sp³-hybridized carbons (Fsp3) is 0.474. The molecule has 136 valence electrons. The molecule has 1 atom stereocenters. The van der Waals surface area contributed by atoms with Crippen LogP contribution < -0.4 is 5.32 Å². The third kappa shape index (κ3) is 3.15. The van der Waals surface area contributed by atoms with Crippen LogP contribution in [0.25, 0.3) is 0 Å². The molecule has 2 saturated heterocycles. The van der Waals surface area contributed by atoms with Crippen molar-refractivity contribution < 1.29 is 14.4 Å². The van der Waals surface area contributed by atoms with Crippen molar-refractivity contribution in [2.45, 2.75) is 32.2 Å². The Balaban J connectivity index is 1.73. The van der Waals surface area contributed by atoms with Gasteiger partial charge in [0.25, 0.3) is 5.91 Å². The van der Waals surface area contributed by atoms with Gasteiger partial charge in [0.2, 0.25) is 5.91 Å². The molecule has 0 radical (unpaired) electrons. The van der Waals surface area contributed by atoms with Gasteiger partial charge in [-0.05, 0) is 43.4 Å². The summed E-state index contributed by atoms with van der Waals surface area (Å²) < 4.78 is 0. The Bertz CT molecular complexity index is 775. The van der Waals surface area contributed by atoms with Gasteiger partial charge in [-0.25, -0.2) is 4.79 Å². The van der Waals surface area contributed by atoms with Gasteiger partial charge in [-0.1, -0.05) is 19.1 Å². The van der Waals surface area contributed by atoms with E-state index in [0.717, 1.165) is 17.7 Å². The normalized spacial score (nSPS) is 23.7. The molecule has 2 aliphatic heterocycles. The lowest BCUT2D eigenvalue weighted by atomic mass is 9.91. The highest BCUT2D eigenvalue weighted by Gasteiger charge is 2.49. The third-order valence-electron chi connectivity index (χ3n) is 5.30. The van der Waals surface area contributed by atoms with E-state index < -0.39 is 17.5 Å². The minimum absolute atomic E-state index is 0.204. The maximum absolute atomic E-state index is 12.9. The zero-order valence-corrected chi connectivity index (χ0v) is 15.0. The van der Waals surface area contributed by atoms with Crippen LogP contribution in [0, 0.1) is 17.2 Å². The monoisotopic (exact) mass is 354 g/mol. The maximum atomic E-state index is 12.9. The lowest BCUT2D eigenvalue weighted by Crippen LogP contribution is -2.46. The van der Waals surface area contributed by atoms with Gasteiger partial charge in [-0.3, -0.25) is 14.5 Å². The number of carbonyl (C=O) groups is 3. The van der Waals surface area contributed by atoms with Crippen molar-refractivity contribution in [3.63, 3.8) is 0 Å². The lowest BCUT2D eigenvalue weighted by Gasteiger charge is -2.31. The lowest BCUT2D eigenvalue weighted by molar-refractivity contribution is -0.139. The van der Waals surface area contributed by atoms with E-state index in [9.17, 15) is 14.4 Å². The van der Waals surface area contributed by atoms with Crippen molar-refractivity contribution in [2.24, 2.45) is 5.92 Å². The van der Waals surface area contributed by atoms with Crippen molar-refractivity contribution >= 4 is 17.8 Å². The van der Waals surface area contributed by atoms with Gasteiger partial charge in [0.05, 0.1) is 11.6 Å². The van der Waals surface area contributed by atoms with E-state index in [2.05, 4.69) is 12.2 Å². The van der Waals surface area contributed by atoms with Crippen LogP contribution in [0.15, 0.2) is 24.3 Å². The second kappa shape index (κ2) is 6.79. The SMILES string of the molecule is CC1CCN(C(=O)CN2C(=O)N[C@](C)(c3ccc(C#N)cc3)C2=O)CC1. The van der Waals surface area contributed by atoms with E-state index in [-0.39, 0.29) is 12.5 Å². The topological polar surface area (TPSA) is 93.5 Å². The Kier molecular flexibility index (Phi) is 4.68. The molecule has 2 fully saturated rings. The molecule has 0 aromatic heterocycles. The second-order valence-corrected chi connectivity index (χ2v) is 7.20. The van der Waals surface area contributed by atoms with Crippen molar-refractivity contribution in [3.05, 3.63) is 35.4 Å². The number of nitriles is 1. The number of carbonyl (C=O) groups excluding carboxylic acids is 3. The number of nitrogens with one attached hydrogen (secondary N) is 1. The molecule has 2 aliphatic rings. The summed E-state index contributed by atoms with van der Waals surface area (Å²) >= 11 is 0. The summed E-state index contributed by atoms with van der Waals surface area (Å²) in [6.07, 6.45) is 1.88. The molecule has 4 amide bonds. The molecule has 2 heterocycles. The van der Waals surface area contributed by atoms with E-state index in [0.29, 0.717) is 30.1 Å². The van der Waals surface area contributed by atoms with Crippen LogP contribution in [-0.2, 0) is 15.1 Å². The first-order valence-corrected chi connectivity index (χ1v) is 8.77. The Morgan fingerprint density at radius 3 is 2.46 bits per heavy atom. The molecule has 7 nitrogen and oxygen atoms in total. The molecule has 1 N–H and O–H groups in total. The minimum Gasteiger partial charge on any atom is -0.341 e. The average molecular weight is 354 g/mol. The molecule has 26 heavy (non-hydrogen) atoms. The smallest absolute Gasteiger partial charge is 0.325 e. The third-order valence-corrected chi connectivity index (χ3v) is 5.30. The van der Waals surface area contributed by atoms with E-state index >= 15 is 0 Å². The fourth-order valence-corrected chi connectivity index (χ4v) is 3.41. The van der Waals surface area contributed by atoms with Gasteiger partial charge in [-0.15, -0.1) is 0 Å². The molecule has 7 heteroatoms. The van der Waals surface area contributed by atoms with Gasteiger partial charge < -0.3 is 10.2 Å². The van der Waals surface area contributed by atoms with E-state index in [4.69, 9.17) is 5.26 Å². The highest BCUT2D eigenvalue weighted by Crippen LogP contribution is 2.29. The predicted molar refractivity (Wildman–Crippen MR) is 93.7 cm³/mol. The number of imide groups is 1. The summed E-state index contributed by atoms with van der Waals surface area (Å²) in [7, 11) is 0. The molecule has 0 spiro atoms. The number of benzene rings is 1. The Hall–Kier alpha value is -2.88. The Morgan fingerprint density at radius 1 is 1.27 bits per heavy atom. The van der Waals surface area contributed by atoms with E-state index in [1.54, 1.807) is 36.1 Å². The molecule has 0 saturated carbocycles. The van der Waals surface area contributed by atoms with Crippen LogP contribution >= 0.6 is 0 Å². The Morgan fingerprint density at radius 2 is 1.88 bits per heavy atom. The molecular formula is C19H22N4O3. The largest absolute Gasteiger partial charge is 0.341 e. The van der Waals surface area contributed by atoms with E-state index in [1.807, 2.05) is 6.07 Å². The van der Waals surface area contributed by atoms with Crippen LogP contribution in [0.4, 0.5) is 4.79 Å². The van der Waals surface area contributed by atoms with Gasteiger partial charge in [-0.2, -0.15) is 5.26 Å². The summed E-state index contributed by atoms with van der Waals surface area (Å²) in [4.78, 5) is 40.4. The number of likely N-dealkylation sites (tertiary alicyclic amines) is 1. The molecule has 0 aliphatic carbocycles. The molecular weight excluding hydrogens is 332 g/mol. The summed E-state index contributed by atoms with van der Waals surface area (Å²) in [6.45, 7) is 4.85. The quantitative estimate of drug-likeness (QED) is 0.834. The number of rotatable bonds is 3. The average Bonchev–Trinajstić information content (AvgIpc) is 2.86. The number of nitrogens with zero attached hydrogens (tertiary/aromatic N) is 3. The van der Waals surface area contributed by atoms with Crippen LogP contribution in [-0.4, -0.2) is 47.3 Å². The number of hydrogen-bond donors (Lipinski definition) is 1. The zero-order valence-electron chi connectivity index (χ0n) is 15.0. The highest BCUT2D eigenvalue weighted by molar-refractivity contribution is 6.09. The number of urea groups is 1. The van der Waals surface area contributed by atoms with Crippen LogP contribution in [0.1, 0.15) is 37.8 Å². The second-order valence-electron chi connectivity index (χ2n) is 7.20. The van der Waals surface area contributed by atoms with Crippen LogP contribution in [0.2, 0.25) is 0 Å². The number of piperidine rings is 1. The van der Waals surface area contributed by atoms with Gasteiger partial charge >= 0.3 is 6.03 Å². The predicted octanol–water partition coefficient (Wildman–Crippen LogP) is 1.58. The van der Waals surface area contributed by atoms with E-state index in [1.165, 1.54) is 0 Å². The summed E-state index contributed by atoms with van der Waals surface area (Å²) in [6, 6.07) is 7.94. The van der Waals surface area contributed by atoms with Crippen molar-refractivity contribution in [1.82, 2.24) is 15.1 Å². The molecule has 3 rings (SSSR count). The first kappa shape index (κ1) is 17.9. The summed E-state index contributed by atoms with van der Waals surface area (Å²) in [5, 5.41) is 11.6. The van der Waals surface area contributed by atoms with Crippen molar-refractivity contribution in [1.29, 1.82) is 5.26 Å². The minimum atomic E-state index is -1.23. The first-order valence-electron chi connectivity index (χ1n) is 8.77. The zero-order chi connectivity index (χ0) is 18.9. The maximum Gasteiger partial charge on any atom is 0.325 e. The molecule has 1 aromatic carbocycles. The molecule has 0 unspecified atom stereocenters. The van der Waals surface area contributed by atoms with Crippen LogP contribution in [0.5, 0.6) is 0 Å². The van der Waals surface area contributed by atoms with Gasteiger partial charge in [0.1, 0.15) is 12.1 Å².